The number of likely N-dealkylation sites (tertiary alicyclic amines) is 1. The number of hydrogen-bond donors (Lipinski definition) is 1. The summed E-state index contributed by atoms with van der Waals surface area (Å²) in [6.07, 6.45) is 8.27. The van der Waals surface area contributed by atoms with E-state index >= 15 is 0 Å². The summed E-state index contributed by atoms with van der Waals surface area (Å²) in [6, 6.07) is 0. The normalized spacial score (nSPS) is 16.1. The molecule has 0 bridgehead atoms. The smallest absolute Gasteiger partial charge is 0.222 e. The Bertz CT molecular complexity index is 226. The molecule has 0 atom stereocenters. The topological polar surface area (TPSA) is 40.5 Å². The molecule has 1 saturated heterocycles. The van der Waals surface area contributed by atoms with Crippen LogP contribution in [0.3, 0.4) is 0 Å². The number of aliphatic hydroxyl groups excluding tert-OH is 1. The van der Waals surface area contributed by atoms with Gasteiger partial charge in [0, 0.05) is 38.5 Å². The van der Waals surface area contributed by atoms with Crippen LogP contribution in [0.2, 0.25) is 0 Å². The minimum Gasteiger partial charge on any atom is -0.396 e. The summed E-state index contributed by atoms with van der Waals surface area (Å²) in [4.78, 5) is 13.2. The molecule has 0 aliphatic carbocycles. The van der Waals surface area contributed by atoms with E-state index in [1.165, 1.54) is 0 Å². The summed E-state index contributed by atoms with van der Waals surface area (Å²) in [6.45, 7) is 1.65. The van der Waals surface area contributed by atoms with Crippen LogP contribution in [0.4, 0.5) is 0 Å². The lowest BCUT2D eigenvalue weighted by Gasteiger charge is -2.38. The van der Waals surface area contributed by atoms with Crippen LogP contribution in [0.15, 0.2) is 0 Å². The zero-order chi connectivity index (χ0) is 10.4. The second-order valence-corrected chi connectivity index (χ2v) is 3.76. The second-order valence-electron chi connectivity index (χ2n) is 3.76. The van der Waals surface area contributed by atoms with Gasteiger partial charge in [-0.1, -0.05) is 0 Å². The maximum absolute atomic E-state index is 11.4. The van der Waals surface area contributed by atoms with Crippen LogP contribution in [0.1, 0.15) is 25.7 Å². The summed E-state index contributed by atoms with van der Waals surface area (Å²) in [5, 5.41) is 8.77. The van der Waals surface area contributed by atoms with E-state index < -0.39 is 0 Å². The molecule has 1 amide bonds. The van der Waals surface area contributed by atoms with Gasteiger partial charge in [0.2, 0.25) is 5.91 Å². The Hall–Kier alpha value is -1.01. The lowest BCUT2D eigenvalue weighted by Crippen LogP contribution is -2.51. The number of carbonyl (C=O) groups excluding carboxylic acids is 1. The highest BCUT2D eigenvalue weighted by Crippen LogP contribution is 2.16. The number of unbranched alkanes of at least 4 members (excludes halogenated alkanes) is 2. The molecule has 1 heterocycles. The molecular weight excluding hydrogens is 178 g/mol. The van der Waals surface area contributed by atoms with Crippen LogP contribution in [-0.2, 0) is 4.79 Å². The van der Waals surface area contributed by atoms with Gasteiger partial charge in [-0.05, 0) is 12.8 Å². The number of aliphatic hydroxyl groups is 1. The number of amides is 1. The van der Waals surface area contributed by atoms with E-state index in [9.17, 15) is 4.79 Å². The van der Waals surface area contributed by atoms with E-state index in [1.54, 1.807) is 4.90 Å². The first-order chi connectivity index (χ1) is 6.77. The quantitative estimate of drug-likeness (QED) is 0.516. The number of hydrogen-bond acceptors (Lipinski definition) is 2. The Morgan fingerprint density at radius 2 is 2.21 bits per heavy atom. The lowest BCUT2D eigenvalue weighted by atomic mass is 10.0. The van der Waals surface area contributed by atoms with Gasteiger partial charge in [-0.15, -0.1) is 12.3 Å². The van der Waals surface area contributed by atoms with Gasteiger partial charge in [0.15, 0.2) is 0 Å². The predicted molar refractivity (Wildman–Crippen MR) is 54.5 cm³/mol. The molecule has 78 valence electrons. The van der Waals surface area contributed by atoms with Crippen molar-refractivity contribution in [3.63, 3.8) is 0 Å². The highest BCUT2D eigenvalue weighted by Gasteiger charge is 2.28. The van der Waals surface area contributed by atoms with E-state index in [4.69, 9.17) is 11.5 Å². The van der Waals surface area contributed by atoms with Gasteiger partial charge < -0.3 is 10.0 Å². The average Bonchev–Trinajstić information content (AvgIpc) is 2.11. The molecule has 0 spiro atoms. The summed E-state index contributed by atoms with van der Waals surface area (Å²) >= 11 is 0. The van der Waals surface area contributed by atoms with Gasteiger partial charge in [0.25, 0.3) is 0 Å². The molecule has 1 aliphatic heterocycles. The van der Waals surface area contributed by atoms with Crippen LogP contribution in [0, 0.1) is 18.3 Å². The fraction of sp³-hybridized carbons (Fsp3) is 0.727. The van der Waals surface area contributed by atoms with E-state index in [2.05, 4.69) is 5.92 Å². The average molecular weight is 195 g/mol. The van der Waals surface area contributed by atoms with E-state index in [-0.39, 0.29) is 12.5 Å². The molecule has 1 aliphatic rings. The van der Waals surface area contributed by atoms with Crippen molar-refractivity contribution in [3.8, 4) is 12.3 Å². The molecule has 0 aromatic carbocycles. The molecule has 0 aromatic rings. The molecule has 0 radical (unpaired) electrons. The minimum atomic E-state index is 0.195. The molecule has 0 aromatic heterocycles. The van der Waals surface area contributed by atoms with Crippen molar-refractivity contribution < 1.29 is 9.90 Å². The molecule has 3 nitrogen and oxygen atoms in total. The molecule has 1 N–H and O–H groups in total. The van der Waals surface area contributed by atoms with Gasteiger partial charge in [0.1, 0.15) is 0 Å². The summed E-state index contributed by atoms with van der Waals surface area (Å²) in [7, 11) is 0. The maximum Gasteiger partial charge on any atom is 0.222 e. The molecule has 0 unspecified atom stereocenters. The summed E-state index contributed by atoms with van der Waals surface area (Å²) in [5.41, 5.74) is 0. The van der Waals surface area contributed by atoms with Crippen molar-refractivity contribution in [2.45, 2.75) is 25.7 Å². The first kappa shape index (κ1) is 11.1. The minimum absolute atomic E-state index is 0.195. The van der Waals surface area contributed by atoms with Crippen molar-refractivity contribution in [1.29, 1.82) is 0 Å². The highest BCUT2D eigenvalue weighted by atomic mass is 16.3. The van der Waals surface area contributed by atoms with Crippen molar-refractivity contribution in [2.75, 3.05) is 19.7 Å². The highest BCUT2D eigenvalue weighted by molar-refractivity contribution is 5.76. The first-order valence-electron chi connectivity index (χ1n) is 5.10. The third-order valence-corrected chi connectivity index (χ3v) is 2.53. The van der Waals surface area contributed by atoms with Gasteiger partial charge in [-0.3, -0.25) is 4.79 Å². The molecule has 3 heteroatoms. The van der Waals surface area contributed by atoms with Crippen molar-refractivity contribution >= 4 is 5.91 Å². The summed E-state index contributed by atoms with van der Waals surface area (Å²) < 4.78 is 0. The molecule has 0 saturated carbocycles. The van der Waals surface area contributed by atoms with E-state index in [0.29, 0.717) is 12.3 Å². The van der Waals surface area contributed by atoms with E-state index in [1.807, 2.05) is 0 Å². The third-order valence-electron chi connectivity index (χ3n) is 2.53. The second kappa shape index (κ2) is 5.66. The van der Waals surface area contributed by atoms with Gasteiger partial charge in [0.05, 0.1) is 0 Å². The Labute approximate surface area is 85.1 Å². The van der Waals surface area contributed by atoms with Crippen LogP contribution in [0.5, 0.6) is 0 Å². The van der Waals surface area contributed by atoms with Gasteiger partial charge in [-0.25, -0.2) is 0 Å². The van der Waals surface area contributed by atoms with Crippen LogP contribution >= 0.6 is 0 Å². The zero-order valence-corrected chi connectivity index (χ0v) is 8.41. The van der Waals surface area contributed by atoms with Gasteiger partial charge >= 0.3 is 0 Å². The Kier molecular flexibility index (Phi) is 4.48. The number of rotatable bonds is 5. The molecular formula is C11H17NO2. The van der Waals surface area contributed by atoms with Crippen molar-refractivity contribution in [3.05, 3.63) is 0 Å². The fourth-order valence-corrected chi connectivity index (χ4v) is 1.55. The number of nitrogens with zero attached hydrogens (tertiary/aromatic N) is 1. The molecule has 1 rings (SSSR count). The van der Waals surface area contributed by atoms with Crippen LogP contribution in [-0.4, -0.2) is 35.6 Å². The maximum atomic E-state index is 11.4. The zero-order valence-electron chi connectivity index (χ0n) is 8.41. The Balaban J connectivity index is 2.03. The Morgan fingerprint density at radius 3 is 2.79 bits per heavy atom. The monoisotopic (exact) mass is 195 g/mol. The fourth-order valence-electron chi connectivity index (χ4n) is 1.55. The largest absolute Gasteiger partial charge is 0.396 e. The Morgan fingerprint density at radius 1 is 1.50 bits per heavy atom. The standard InChI is InChI=1S/C11H17NO2/c1-2-3-4-5-6-11(14)12-7-10(8-12)9-13/h1,10,13H,3-9H2. The summed E-state index contributed by atoms with van der Waals surface area (Å²) in [5.74, 6) is 3.07. The number of carbonyl (C=O) groups is 1. The first-order valence-corrected chi connectivity index (χ1v) is 5.10. The van der Waals surface area contributed by atoms with E-state index in [0.717, 1.165) is 32.4 Å². The molecule has 1 fully saturated rings. The van der Waals surface area contributed by atoms with Gasteiger partial charge in [-0.2, -0.15) is 0 Å². The van der Waals surface area contributed by atoms with Crippen LogP contribution in [0.25, 0.3) is 0 Å². The third kappa shape index (κ3) is 3.04. The lowest BCUT2D eigenvalue weighted by molar-refractivity contribution is -0.138. The predicted octanol–water partition coefficient (Wildman–Crippen LogP) is 0.631. The molecule has 14 heavy (non-hydrogen) atoms. The van der Waals surface area contributed by atoms with Crippen molar-refractivity contribution in [1.82, 2.24) is 4.90 Å². The number of terminal acetylenes is 1. The van der Waals surface area contributed by atoms with Crippen molar-refractivity contribution in [2.24, 2.45) is 5.92 Å². The SMILES string of the molecule is C#CCCCCC(=O)N1CC(CO)C1. The van der Waals surface area contributed by atoms with Crippen LogP contribution < -0.4 is 0 Å².